The fraction of sp³-hybridized carbons (Fsp3) is 0.400. The van der Waals surface area contributed by atoms with E-state index in [9.17, 15) is 5.11 Å². The van der Waals surface area contributed by atoms with Crippen molar-refractivity contribution >= 4 is 0 Å². The number of nitrogens with zero attached hydrogens (tertiary/aromatic N) is 4. The first-order valence-corrected chi connectivity index (χ1v) is 15.0. The van der Waals surface area contributed by atoms with Gasteiger partial charge in [0, 0.05) is 37.3 Å². The van der Waals surface area contributed by atoms with Crippen LogP contribution in [0.1, 0.15) is 50.8 Å². The standard InChI is InChI=1S/C35H46N4O2/c1-5-7-21-38(26-28-13-12-16-31(40)25-28)27-33-34(29-17-19-32(20-18-29)41-24-23-37(3)4)36-35(39(33)22-8-6-2)30-14-10-9-11-15-30/h9-20,25,40H,5-8,21-24,26-27H2,1-4H3. The molecule has 0 aliphatic carbocycles. The number of rotatable bonds is 16. The maximum atomic E-state index is 10.1. The Morgan fingerprint density at radius 2 is 1.56 bits per heavy atom. The van der Waals surface area contributed by atoms with Gasteiger partial charge in [-0.15, -0.1) is 0 Å². The number of likely N-dealkylation sites (N-methyl/N-ethyl adjacent to an activating group) is 1. The van der Waals surface area contributed by atoms with Gasteiger partial charge >= 0.3 is 0 Å². The SMILES string of the molecule is CCCCN(Cc1cccc(O)c1)Cc1c(-c2ccc(OCCN(C)C)cc2)nc(-c2ccccc2)n1CCCC. The quantitative estimate of drug-likeness (QED) is 0.156. The Hall–Kier alpha value is -3.61. The molecule has 0 radical (unpaired) electrons. The molecule has 1 N–H and O–H groups in total. The molecule has 1 heterocycles. The van der Waals surface area contributed by atoms with Gasteiger partial charge in [-0.1, -0.05) is 69.2 Å². The van der Waals surface area contributed by atoms with Gasteiger partial charge in [0.1, 0.15) is 23.9 Å². The van der Waals surface area contributed by atoms with Crippen molar-refractivity contribution in [3.05, 3.63) is 90.1 Å². The summed E-state index contributed by atoms with van der Waals surface area (Å²) in [5.41, 5.74) is 5.60. The fourth-order valence-electron chi connectivity index (χ4n) is 5.02. The van der Waals surface area contributed by atoms with Crippen LogP contribution in [0.5, 0.6) is 11.5 Å². The molecule has 0 amide bonds. The van der Waals surface area contributed by atoms with E-state index < -0.39 is 0 Å². The van der Waals surface area contributed by atoms with Crippen molar-refractivity contribution in [1.29, 1.82) is 0 Å². The second kappa shape index (κ2) is 15.4. The van der Waals surface area contributed by atoms with Crippen molar-refractivity contribution in [3.8, 4) is 34.1 Å². The zero-order chi connectivity index (χ0) is 29.0. The van der Waals surface area contributed by atoms with Crippen molar-refractivity contribution < 1.29 is 9.84 Å². The molecule has 0 aliphatic rings. The Kier molecular flexibility index (Phi) is 11.4. The Balaban J connectivity index is 1.75. The highest BCUT2D eigenvalue weighted by Crippen LogP contribution is 2.32. The lowest BCUT2D eigenvalue weighted by Gasteiger charge is -2.24. The highest BCUT2D eigenvalue weighted by atomic mass is 16.5. The smallest absolute Gasteiger partial charge is 0.140 e. The van der Waals surface area contributed by atoms with E-state index in [-0.39, 0.29) is 0 Å². The number of phenolic OH excluding ortho intramolecular Hbond substituents is 1. The predicted octanol–water partition coefficient (Wildman–Crippen LogP) is 7.47. The van der Waals surface area contributed by atoms with Crippen LogP contribution in [0.3, 0.4) is 0 Å². The molecular formula is C35H46N4O2. The predicted molar refractivity (Wildman–Crippen MR) is 169 cm³/mol. The summed E-state index contributed by atoms with van der Waals surface area (Å²) >= 11 is 0. The second-order valence-corrected chi connectivity index (χ2v) is 11.0. The molecule has 4 aromatic rings. The third kappa shape index (κ3) is 8.69. The van der Waals surface area contributed by atoms with Crippen LogP contribution < -0.4 is 4.74 Å². The third-order valence-corrected chi connectivity index (χ3v) is 7.29. The minimum Gasteiger partial charge on any atom is -0.508 e. The Morgan fingerprint density at radius 3 is 2.24 bits per heavy atom. The minimum atomic E-state index is 0.311. The summed E-state index contributed by atoms with van der Waals surface area (Å²) in [5.74, 6) is 2.20. The number of hydrogen-bond donors (Lipinski definition) is 1. The van der Waals surface area contributed by atoms with Crippen LogP contribution in [0.25, 0.3) is 22.6 Å². The van der Waals surface area contributed by atoms with Crippen LogP contribution in [0.15, 0.2) is 78.9 Å². The van der Waals surface area contributed by atoms with Crippen molar-refractivity contribution in [2.75, 3.05) is 33.8 Å². The molecule has 3 aromatic carbocycles. The molecule has 0 spiro atoms. The van der Waals surface area contributed by atoms with E-state index in [1.165, 1.54) is 5.69 Å². The molecular weight excluding hydrogens is 508 g/mol. The monoisotopic (exact) mass is 554 g/mol. The molecule has 1 aromatic heterocycles. The molecule has 6 nitrogen and oxygen atoms in total. The first-order chi connectivity index (χ1) is 20.0. The van der Waals surface area contributed by atoms with Crippen molar-refractivity contribution in [2.24, 2.45) is 0 Å². The molecule has 0 fully saturated rings. The lowest BCUT2D eigenvalue weighted by Crippen LogP contribution is -2.26. The van der Waals surface area contributed by atoms with E-state index in [4.69, 9.17) is 9.72 Å². The number of benzene rings is 3. The van der Waals surface area contributed by atoms with E-state index >= 15 is 0 Å². The third-order valence-electron chi connectivity index (χ3n) is 7.29. The Labute approximate surface area is 246 Å². The van der Waals surface area contributed by atoms with Gasteiger partial charge in [0.15, 0.2) is 0 Å². The summed E-state index contributed by atoms with van der Waals surface area (Å²) in [6.45, 7) is 9.45. The first kappa shape index (κ1) is 30.4. The van der Waals surface area contributed by atoms with E-state index in [0.29, 0.717) is 12.4 Å². The molecule has 0 unspecified atom stereocenters. The molecule has 0 saturated heterocycles. The zero-order valence-electron chi connectivity index (χ0n) is 25.2. The highest BCUT2D eigenvalue weighted by Gasteiger charge is 2.22. The van der Waals surface area contributed by atoms with Crippen molar-refractivity contribution in [3.63, 3.8) is 0 Å². The Morgan fingerprint density at radius 1 is 0.805 bits per heavy atom. The first-order valence-electron chi connectivity index (χ1n) is 15.0. The molecule has 0 saturated carbocycles. The lowest BCUT2D eigenvalue weighted by molar-refractivity contribution is 0.246. The van der Waals surface area contributed by atoms with Crippen LogP contribution in [0.4, 0.5) is 0 Å². The average molecular weight is 555 g/mol. The summed E-state index contributed by atoms with van der Waals surface area (Å²) in [5, 5.41) is 10.1. The molecule has 6 heteroatoms. The van der Waals surface area contributed by atoms with Gasteiger partial charge in [0.25, 0.3) is 0 Å². The maximum Gasteiger partial charge on any atom is 0.140 e. The molecule has 41 heavy (non-hydrogen) atoms. The van der Waals surface area contributed by atoms with Crippen LogP contribution in [-0.4, -0.2) is 58.2 Å². The normalized spacial score (nSPS) is 11.5. The number of ether oxygens (including phenoxy) is 1. The van der Waals surface area contributed by atoms with Gasteiger partial charge in [-0.05, 0) is 75.4 Å². The lowest BCUT2D eigenvalue weighted by atomic mass is 10.1. The van der Waals surface area contributed by atoms with Gasteiger partial charge in [0.2, 0.25) is 0 Å². The summed E-state index contributed by atoms with van der Waals surface area (Å²) in [6, 6.07) is 26.6. The topological polar surface area (TPSA) is 53.8 Å². The van der Waals surface area contributed by atoms with E-state index in [1.807, 2.05) is 12.1 Å². The van der Waals surface area contributed by atoms with Crippen LogP contribution in [0.2, 0.25) is 0 Å². The van der Waals surface area contributed by atoms with Gasteiger partial charge in [-0.25, -0.2) is 4.98 Å². The second-order valence-electron chi connectivity index (χ2n) is 11.0. The molecule has 0 atom stereocenters. The van der Waals surface area contributed by atoms with Crippen LogP contribution >= 0.6 is 0 Å². The number of hydrogen-bond acceptors (Lipinski definition) is 5. The molecule has 0 aliphatic heterocycles. The number of imidazole rings is 1. The highest BCUT2D eigenvalue weighted by molar-refractivity contribution is 5.69. The van der Waals surface area contributed by atoms with Gasteiger partial charge < -0.3 is 19.3 Å². The number of unbranched alkanes of at least 4 members (excludes halogenated alkanes) is 2. The number of phenols is 1. The summed E-state index contributed by atoms with van der Waals surface area (Å²) in [6.07, 6.45) is 4.44. The minimum absolute atomic E-state index is 0.311. The Bertz CT molecular complexity index is 1330. The van der Waals surface area contributed by atoms with Gasteiger partial charge in [0.05, 0.1) is 11.4 Å². The molecule has 0 bridgehead atoms. The van der Waals surface area contributed by atoms with Crippen LogP contribution in [0, 0.1) is 0 Å². The molecule has 218 valence electrons. The van der Waals surface area contributed by atoms with Gasteiger partial charge in [-0.2, -0.15) is 0 Å². The van der Waals surface area contributed by atoms with E-state index in [1.54, 1.807) is 6.07 Å². The number of aromatic nitrogens is 2. The van der Waals surface area contributed by atoms with Gasteiger partial charge in [-0.3, -0.25) is 4.90 Å². The fourth-order valence-corrected chi connectivity index (χ4v) is 5.02. The van der Waals surface area contributed by atoms with Crippen LogP contribution in [-0.2, 0) is 19.6 Å². The summed E-state index contributed by atoms with van der Waals surface area (Å²) < 4.78 is 8.42. The summed E-state index contributed by atoms with van der Waals surface area (Å²) in [7, 11) is 4.11. The average Bonchev–Trinajstić information content (AvgIpc) is 3.33. The largest absolute Gasteiger partial charge is 0.508 e. The van der Waals surface area contributed by atoms with E-state index in [0.717, 1.165) is 92.4 Å². The van der Waals surface area contributed by atoms with E-state index in [2.05, 4.69) is 103 Å². The van der Waals surface area contributed by atoms with Crippen molar-refractivity contribution in [2.45, 2.75) is 59.2 Å². The summed E-state index contributed by atoms with van der Waals surface area (Å²) in [4.78, 5) is 9.94. The number of aromatic hydroxyl groups is 1. The maximum absolute atomic E-state index is 10.1. The van der Waals surface area contributed by atoms with Crippen molar-refractivity contribution in [1.82, 2.24) is 19.4 Å². The zero-order valence-corrected chi connectivity index (χ0v) is 25.2. The molecule has 4 rings (SSSR count).